The van der Waals surface area contributed by atoms with Crippen molar-refractivity contribution >= 4 is 54.8 Å². The van der Waals surface area contributed by atoms with Crippen molar-refractivity contribution in [2.24, 2.45) is 0 Å². The van der Waals surface area contributed by atoms with Crippen LogP contribution in [0.5, 0.6) is 0 Å². The highest BCUT2D eigenvalue weighted by Crippen LogP contribution is 2.42. The summed E-state index contributed by atoms with van der Waals surface area (Å²) in [7, 11) is -5.90. The lowest BCUT2D eigenvalue weighted by Crippen LogP contribution is -2.24. The average molecular weight is 507 g/mol. The number of rotatable bonds is 2. The SMILES string of the molecule is Nc1c(S(=O)(=O)C(F)(F)F)c(Br)nn1-c1c(Cl)cc(C(F)(F)F)cc1Cl. The number of nitrogens with two attached hydrogens (primary N) is 1. The molecule has 1 heterocycles. The van der Waals surface area contributed by atoms with Gasteiger partial charge in [0.05, 0.1) is 15.6 Å². The highest BCUT2D eigenvalue weighted by Gasteiger charge is 2.50. The van der Waals surface area contributed by atoms with Crippen molar-refractivity contribution in [2.45, 2.75) is 16.6 Å². The zero-order valence-corrected chi connectivity index (χ0v) is 15.7. The molecule has 2 aromatic rings. The number of aromatic nitrogens is 2. The van der Waals surface area contributed by atoms with Crippen molar-refractivity contribution in [1.82, 2.24) is 9.78 Å². The number of anilines is 1. The van der Waals surface area contributed by atoms with Crippen LogP contribution >= 0.6 is 39.1 Å². The van der Waals surface area contributed by atoms with Gasteiger partial charge < -0.3 is 5.73 Å². The van der Waals surface area contributed by atoms with Crippen molar-refractivity contribution in [2.75, 3.05) is 5.73 Å². The van der Waals surface area contributed by atoms with Gasteiger partial charge >= 0.3 is 11.7 Å². The fraction of sp³-hybridized carbons (Fsp3) is 0.182. The van der Waals surface area contributed by atoms with Crippen molar-refractivity contribution in [3.63, 3.8) is 0 Å². The molecule has 26 heavy (non-hydrogen) atoms. The molecule has 0 aliphatic carbocycles. The molecule has 0 saturated carbocycles. The Balaban J connectivity index is 2.76. The molecule has 0 bridgehead atoms. The number of nitrogens with zero attached hydrogens (tertiary/aromatic N) is 2. The summed E-state index contributed by atoms with van der Waals surface area (Å²) in [4.78, 5) is -1.42. The van der Waals surface area contributed by atoms with E-state index in [1.807, 2.05) is 0 Å². The largest absolute Gasteiger partial charge is 0.502 e. The highest BCUT2D eigenvalue weighted by molar-refractivity contribution is 9.10. The minimum atomic E-state index is -5.90. The smallest absolute Gasteiger partial charge is 0.382 e. The predicted octanol–water partition coefficient (Wildman–Crippen LogP) is 4.84. The van der Waals surface area contributed by atoms with Crippen molar-refractivity contribution in [3.8, 4) is 5.69 Å². The van der Waals surface area contributed by atoms with E-state index in [1.165, 1.54) is 0 Å². The Kier molecular flexibility index (Phi) is 5.25. The number of sulfone groups is 1. The van der Waals surface area contributed by atoms with Crippen LogP contribution in [0.4, 0.5) is 32.2 Å². The Hall–Kier alpha value is -1.18. The molecule has 0 aliphatic rings. The Labute approximate surface area is 159 Å². The molecule has 0 aliphatic heterocycles. The summed E-state index contributed by atoms with van der Waals surface area (Å²) in [6.45, 7) is 0. The Morgan fingerprint density at radius 1 is 1.08 bits per heavy atom. The predicted molar refractivity (Wildman–Crippen MR) is 83.9 cm³/mol. The molecule has 1 aromatic heterocycles. The summed E-state index contributed by atoms with van der Waals surface area (Å²) in [5.74, 6) is -1.04. The van der Waals surface area contributed by atoms with Gasteiger partial charge in [-0.05, 0) is 28.1 Å². The number of nitrogen functional groups attached to an aromatic ring is 1. The van der Waals surface area contributed by atoms with Crippen molar-refractivity contribution in [1.29, 1.82) is 0 Å². The lowest BCUT2D eigenvalue weighted by molar-refractivity contribution is -0.137. The van der Waals surface area contributed by atoms with Gasteiger partial charge in [0.25, 0.3) is 9.84 Å². The van der Waals surface area contributed by atoms with Gasteiger partial charge in [0.2, 0.25) is 0 Å². The zero-order chi connectivity index (χ0) is 20.2. The van der Waals surface area contributed by atoms with Gasteiger partial charge in [0.1, 0.15) is 16.1 Å². The van der Waals surface area contributed by atoms with Crippen molar-refractivity contribution in [3.05, 3.63) is 32.3 Å². The van der Waals surface area contributed by atoms with Crippen LogP contribution < -0.4 is 5.73 Å². The average Bonchev–Trinajstić information content (AvgIpc) is 2.71. The maximum atomic E-state index is 12.8. The summed E-state index contributed by atoms with van der Waals surface area (Å²) in [6, 6.07) is 0.880. The van der Waals surface area contributed by atoms with Gasteiger partial charge in [-0.3, -0.25) is 0 Å². The molecule has 2 N–H and O–H groups in total. The Morgan fingerprint density at radius 3 is 1.92 bits per heavy atom. The quantitative estimate of drug-likeness (QED) is 0.591. The van der Waals surface area contributed by atoms with Crippen LogP contribution in [-0.4, -0.2) is 23.7 Å². The molecular weight excluding hydrogens is 503 g/mol. The highest BCUT2D eigenvalue weighted by atomic mass is 79.9. The summed E-state index contributed by atoms with van der Waals surface area (Å²) >= 11 is 14.0. The van der Waals surface area contributed by atoms with E-state index in [0.29, 0.717) is 16.8 Å². The van der Waals surface area contributed by atoms with E-state index in [9.17, 15) is 34.8 Å². The standard InChI is InChI=1S/C11H4BrCl2F6N3O2S/c12-8-7(26(24,25)11(18,19)20)9(21)23(22-8)6-4(13)1-3(2-5(6)14)10(15,16)17/h1-2H,21H2. The fourth-order valence-electron chi connectivity index (χ4n) is 1.86. The monoisotopic (exact) mass is 505 g/mol. The van der Waals surface area contributed by atoms with Crippen molar-refractivity contribution < 1.29 is 34.8 Å². The maximum Gasteiger partial charge on any atom is 0.502 e. The first kappa shape index (κ1) is 21.1. The van der Waals surface area contributed by atoms with Crippen LogP contribution in [0.3, 0.4) is 0 Å². The minimum Gasteiger partial charge on any atom is -0.382 e. The summed E-state index contributed by atoms with van der Waals surface area (Å²) in [5, 5.41) is 2.12. The van der Waals surface area contributed by atoms with Crippen LogP contribution in [0.2, 0.25) is 10.0 Å². The molecule has 0 spiro atoms. The number of halogens is 9. The Morgan fingerprint density at radius 2 is 1.54 bits per heavy atom. The van der Waals surface area contributed by atoms with Gasteiger partial charge in [-0.1, -0.05) is 23.2 Å². The second-order valence-corrected chi connectivity index (χ2v) is 8.10. The first-order chi connectivity index (χ1) is 11.6. The van der Waals surface area contributed by atoms with Crippen LogP contribution in [0.25, 0.3) is 5.69 Å². The summed E-state index contributed by atoms with van der Waals surface area (Å²) in [5.41, 5.74) is -2.01. The van der Waals surface area contributed by atoms with Crippen LogP contribution in [0, 0.1) is 0 Å². The first-order valence-electron chi connectivity index (χ1n) is 6.01. The molecule has 144 valence electrons. The van der Waals surface area contributed by atoms with E-state index >= 15 is 0 Å². The molecule has 0 fully saturated rings. The molecule has 0 radical (unpaired) electrons. The number of benzene rings is 1. The number of hydrogen-bond acceptors (Lipinski definition) is 4. The summed E-state index contributed by atoms with van der Waals surface area (Å²) in [6.07, 6.45) is -4.80. The third-order valence-electron chi connectivity index (χ3n) is 2.97. The Bertz CT molecular complexity index is 964. The third kappa shape index (κ3) is 3.49. The molecule has 1 aromatic carbocycles. The fourth-order valence-corrected chi connectivity index (χ4v) is 4.36. The van der Waals surface area contributed by atoms with Gasteiger partial charge in [0.15, 0.2) is 4.90 Å². The molecular formula is C11H4BrCl2F6N3O2S. The zero-order valence-electron chi connectivity index (χ0n) is 11.8. The lowest BCUT2D eigenvalue weighted by atomic mass is 10.2. The number of hydrogen-bond donors (Lipinski definition) is 1. The van der Waals surface area contributed by atoms with Gasteiger partial charge in [-0.15, -0.1) is 0 Å². The number of alkyl halides is 6. The van der Waals surface area contributed by atoms with E-state index in [1.54, 1.807) is 0 Å². The molecule has 15 heteroatoms. The molecule has 0 atom stereocenters. The van der Waals surface area contributed by atoms with Crippen LogP contribution in [-0.2, 0) is 16.0 Å². The maximum absolute atomic E-state index is 12.8. The molecule has 2 rings (SSSR count). The molecule has 0 unspecified atom stereocenters. The second kappa shape index (κ2) is 6.46. The van der Waals surface area contributed by atoms with E-state index < -0.39 is 58.1 Å². The van der Waals surface area contributed by atoms with Crippen LogP contribution in [0.15, 0.2) is 21.6 Å². The topological polar surface area (TPSA) is 78.0 Å². The van der Waals surface area contributed by atoms with Crippen LogP contribution in [0.1, 0.15) is 5.56 Å². The molecule has 5 nitrogen and oxygen atoms in total. The molecule has 0 amide bonds. The van der Waals surface area contributed by atoms with E-state index in [2.05, 4.69) is 21.0 Å². The van der Waals surface area contributed by atoms with E-state index in [-0.39, 0.29) is 0 Å². The van der Waals surface area contributed by atoms with E-state index in [4.69, 9.17) is 28.9 Å². The minimum absolute atomic E-state index is 0.396. The summed E-state index contributed by atoms with van der Waals surface area (Å²) < 4.78 is 99.2. The van der Waals surface area contributed by atoms with Gasteiger partial charge in [-0.2, -0.15) is 31.4 Å². The first-order valence-corrected chi connectivity index (χ1v) is 9.04. The normalized spacial score (nSPS) is 13.3. The molecule has 0 saturated heterocycles. The lowest BCUT2D eigenvalue weighted by Gasteiger charge is -2.13. The van der Waals surface area contributed by atoms with E-state index in [0.717, 1.165) is 0 Å². The third-order valence-corrected chi connectivity index (χ3v) is 5.91. The van der Waals surface area contributed by atoms with Gasteiger partial charge in [0, 0.05) is 0 Å². The van der Waals surface area contributed by atoms with Gasteiger partial charge in [-0.25, -0.2) is 13.1 Å². The second-order valence-electron chi connectivity index (χ2n) is 4.65.